The van der Waals surface area contributed by atoms with E-state index in [4.69, 9.17) is 5.53 Å². The Morgan fingerprint density at radius 2 is 2.39 bits per heavy atom. The van der Waals surface area contributed by atoms with Crippen molar-refractivity contribution in [2.45, 2.75) is 18.6 Å². The molecule has 0 aromatic carbocycles. The average Bonchev–Trinajstić information content (AvgIpc) is 2.86. The molecule has 1 rings (SSSR count). The van der Waals surface area contributed by atoms with E-state index in [1.165, 1.54) is 13.2 Å². The van der Waals surface area contributed by atoms with Crippen molar-refractivity contribution in [1.82, 2.24) is 0 Å². The summed E-state index contributed by atoms with van der Waals surface area (Å²) in [5.74, 6) is -0.484. The van der Waals surface area contributed by atoms with Crippen LogP contribution >= 0.6 is 11.3 Å². The van der Waals surface area contributed by atoms with Crippen LogP contribution in [0.3, 0.4) is 0 Å². The van der Waals surface area contributed by atoms with Crippen molar-refractivity contribution in [2.75, 3.05) is 13.7 Å². The number of aliphatic hydroxyl groups excluding tert-OH is 2. The van der Waals surface area contributed by atoms with Crippen molar-refractivity contribution in [1.29, 1.82) is 0 Å². The summed E-state index contributed by atoms with van der Waals surface area (Å²) in [6, 6.07) is 1.47. The maximum Gasteiger partial charge on any atom is 0.348 e. The summed E-state index contributed by atoms with van der Waals surface area (Å²) in [6.45, 7) is 0.0999. The van der Waals surface area contributed by atoms with E-state index in [9.17, 15) is 15.0 Å². The van der Waals surface area contributed by atoms with Gasteiger partial charge in [-0.2, -0.15) is 0 Å². The van der Waals surface area contributed by atoms with Gasteiger partial charge in [0.25, 0.3) is 0 Å². The third-order valence-electron chi connectivity index (χ3n) is 2.30. The molecule has 1 aromatic rings. The average molecular weight is 271 g/mol. The monoisotopic (exact) mass is 271 g/mol. The summed E-state index contributed by atoms with van der Waals surface area (Å²) >= 11 is 1.13. The molecule has 98 valence electrons. The van der Waals surface area contributed by atoms with Gasteiger partial charge >= 0.3 is 5.97 Å². The predicted molar refractivity (Wildman–Crippen MR) is 65.3 cm³/mol. The number of esters is 1. The summed E-state index contributed by atoms with van der Waals surface area (Å²) in [7, 11) is 1.27. The molecule has 0 bridgehead atoms. The van der Waals surface area contributed by atoms with E-state index in [1.54, 1.807) is 5.38 Å². The molecule has 2 unspecified atom stereocenters. The zero-order valence-corrected chi connectivity index (χ0v) is 10.5. The maximum atomic E-state index is 11.2. The van der Waals surface area contributed by atoms with Gasteiger partial charge in [-0.15, -0.1) is 11.3 Å². The second kappa shape index (κ2) is 6.97. The zero-order chi connectivity index (χ0) is 13.5. The first-order chi connectivity index (χ1) is 8.60. The normalized spacial score (nSPS) is 13.5. The first-order valence-electron chi connectivity index (χ1n) is 5.14. The fourth-order valence-corrected chi connectivity index (χ4v) is 2.18. The standard InChI is InChI=1S/C10H13N3O4S/c1-17-10(16)8-4-6(5-18-8)9(15)7(14)2-3-12-13-11/h4-5,7,9,14-15H,2-3H2,1H3. The molecule has 0 radical (unpaired) electrons. The number of nitrogens with zero attached hydrogens (tertiary/aromatic N) is 3. The highest BCUT2D eigenvalue weighted by Gasteiger charge is 2.20. The van der Waals surface area contributed by atoms with E-state index in [-0.39, 0.29) is 13.0 Å². The minimum atomic E-state index is -1.12. The number of methoxy groups -OCH3 is 1. The molecule has 0 aliphatic rings. The van der Waals surface area contributed by atoms with E-state index < -0.39 is 18.2 Å². The van der Waals surface area contributed by atoms with Crippen molar-refractivity contribution >= 4 is 17.3 Å². The van der Waals surface area contributed by atoms with Crippen LogP contribution in [-0.2, 0) is 4.74 Å². The van der Waals surface area contributed by atoms with E-state index >= 15 is 0 Å². The lowest BCUT2D eigenvalue weighted by molar-refractivity contribution is 0.0152. The van der Waals surface area contributed by atoms with E-state index in [0.29, 0.717) is 10.4 Å². The Kier molecular flexibility index (Phi) is 5.60. The van der Waals surface area contributed by atoms with Gasteiger partial charge in [0.1, 0.15) is 11.0 Å². The van der Waals surface area contributed by atoms with Gasteiger partial charge in [-0.3, -0.25) is 0 Å². The van der Waals surface area contributed by atoms with E-state index in [2.05, 4.69) is 14.8 Å². The predicted octanol–water partition coefficient (Wildman–Crippen LogP) is 1.63. The van der Waals surface area contributed by atoms with Gasteiger partial charge in [0.05, 0.1) is 13.2 Å². The van der Waals surface area contributed by atoms with Crippen LogP contribution in [0, 0.1) is 0 Å². The van der Waals surface area contributed by atoms with Crippen LogP contribution in [0.5, 0.6) is 0 Å². The van der Waals surface area contributed by atoms with Crippen molar-refractivity contribution < 1.29 is 19.7 Å². The number of hydrogen-bond acceptors (Lipinski definition) is 6. The third kappa shape index (κ3) is 3.71. The van der Waals surface area contributed by atoms with Crippen LogP contribution in [0.15, 0.2) is 16.6 Å². The van der Waals surface area contributed by atoms with Gasteiger partial charge in [-0.05, 0) is 29.0 Å². The molecule has 8 heteroatoms. The van der Waals surface area contributed by atoms with Crippen LogP contribution < -0.4 is 0 Å². The molecule has 18 heavy (non-hydrogen) atoms. The number of azide groups is 1. The molecule has 1 aromatic heterocycles. The fraction of sp³-hybridized carbons (Fsp3) is 0.500. The van der Waals surface area contributed by atoms with Gasteiger partial charge in [0.15, 0.2) is 0 Å². The Labute approximate surface area is 107 Å². The first-order valence-corrected chi connectivity index (χ1v) is 6.01. The minimum absolute atomic E-state index is 0.0999. The first kappa shape index (κ1) is 14.5. The Morgan fingerprint density at radius 3 is 3.00 bits per heavy atom. The van der Waals surface area contributed by atoms with Crippen LogP contribution in [0.2, 0.25) is 0 Å². The lowest BCUT2D eigenvalue weighted by Crippen LogP contribution is -2.18. The van der Waals surface area contributed by atoms with Crippen LogP contribution in [0.1, 0.15) is 27.8 Å². The number of aliphatic hydroxyl groups is 2. The Bertz CT molecular complexity index is 456. The molecular formula is C10H13N3O4S. The number of hydrogen-bond donors (Lipinski definition) is 2. The van der Waals surface area contributed by atoms with Crippen molar-refractivity contribution in [2.24, 2.45) is 5.11 Å². The minimum Gasteiger partial charge on any atom is -0.465 e. The SMILES string of the molecule is COC(=O)c1cc(C(O)C(O)CCN=[N+]=[N-])cs1. The Balaban J connectivity index is 2.65. The second-order valence-electron chi connectivity index (χ2n) is 3.49. The highest BCUT2D eigenvalue weighted by Crippen LogP contribution is 2.25. The molecule has 2 N–H and O–H groups in total. The van der Waals surface area contributed by atoms with Crippen molar-refractivity contribution in [3.8, 4) is 0 Å². The fourth-order valence-electron chi connectivity index (χ4n) is 1.33. The molecule has 1 heterocycles. The quantitative estimate of drug-likeness (QED) is 0.354. The topological polar surface area (TPSA) is 116 Å². The third-order valence-corrected chi connectivity index (χ3v) is 3.23. The Hall–Kier alpha value is -1.60. The number of rotatable bonds is 6. The highest BCUT2D eigenvalue weighted by molar-refractivity contribution is 7.12. The number of carbonyl (C=O) groups is 1. The summed E-state index contributed by atoms with van der Waals surface area (Å²) < 4.78 is 4.54. The molecule has 7 nitrogen and oxygen atoms in total. The van der Waals surface area contributed by atoms with Gasteiger partial charge in [-0.1, -0.05) is 5.11 Å². The molecule has 2 atom stereocenters. The largest absolute Gasteiger partial charge is 0.465 e. The summed E-state index contributed by atoms with van der Waals surface area (Å²) in [5, 5.41) is 24.3. The lowest BCUT2D eigenvalue weighted by Gasteiger charge is -2.15. The van der Waals surface area contributed by atoms with E-state index in [0.717, 1.165) is 11.3 Å². The molecular weight excluding hydrogens is 258 g/mol. The number of thiophene rings is 1. The van der Waals surface area contributed by atoms with Crippen LogP contribution in [0.4, 0.5) is 0 Å². The second-order valence-corrected chi connectivity index (χ2v) is 4.40. The summed E-state index contributed by atoms with van der Waals surface area (Å²) in [6.07, 6.45) is -2.02. The smallest absolute Gasteiger partial charge is 0.348 e. The summed E-state index contributed by atoms with van der Waals surface area (Å²) in [5.41, 5.74) is 8.53. The van der Waals surface area contributed by atoms with Gasteiger partial charge < -0.3 is 14.9 Å². The van der Waals surface area contributed by atoms with Crippen LogP contribution in [-0.4, -0.2) is 35.9 Å². The zero-order valence-electron chi connectivity index (χ0n) is 9.68. The molecule has 0 saturated heterocycles. The van der Waals surface area contributed by atoms with Crippen LogP contribution in [0.25, 0.3) is 10.4 Å². The summed E-state index contributed by atoms with van der Waals surface area (Å²) in [4.78, 5) is 14.1. The van der Waals surface area contributed by atoms with Gasteiger partial charge in [-0.25, -0.2) is 4.79 Å². The van der Waals surface area contributed by atoms with Gasteiger partial charge in [0.2, 0.25) is 0 Å². The van der Waals surface area contributed by atoms with Gasteiger partial charge in [0, 0.05) is 11.5 Å². The molecule has 0 amide bonds. The molecule has 0 saturated carbocycles. The maximum absolute atomic E-state index is 11.2. The molecule has 0 spiro atoms. The molecule has 0 fully saturated rings. The molecule has 0 aliphatic heterocycles. The number of ether oxygens (including phenoxy) is 1. The van der Waals surface area contributed by atoms with E-state index in [1.807, 2.05) is 0 Å². The highest BCUT2D eigenvalue weighted by atomic mass is 32.1. The van der Waals surface area contributed by atoms with Crippen molar-refractivity contribution in [3.63, 3.8) is 0 Å². The Morgan fingerprint density at radius 1 is 1.67 bits per heavy atom. The number of carbonyl (C=O) groups excluding carboxylic acids is 1. The lowest BCUT2D eigenvalue weighted by atomic mass is 10.1. The molecule has 0 aliphatic carbocycles. The van der Waals surface area contributed by atoms with Crippen molar-refractivity contribution in [3.05, 3.63) is 32.3 Å².